The highest BCUT2D eigenvalue weighted by Gasteiger charge is 2.20. The van der Waals surface area contributed by atoms with Crippen molar-refractivity contribution >= 4 is 23.9 Å². The Morgan fingerprint density at radius 1 is 0.636 bits per heavy atom. The Balaban J connectivity index is 1.75. The molecule has 0 atom stereocenters. The second-order valence-corrected chi connectivity index (χ2v) is 5.33. The van der Waals surface area contributed by atoms with Gasteiger partial charge in [-0.25, -0.2) is 0 Å². The average Bonchev–Trinajstić information content (AvgIpc) is 2.62. The molecule has 1 saturated heterocycles. The second-order valence-electron chi connectivity index (χ2n) is 5.33. The van der Waals surface area contributed by atoms with Crippen molar-refractivity contribution < 1.29 is 9.59 Å². The van der Waals surface area contributed by atoms with Crippen LogP contribution in [-0.2, 0) is 0 Å². The molecule has 1 aliphatic heterocycles. The predicted octanol–water partition coefficient (Wildman–Crippen LogP) is 2.64. The van der Waals surface area contributed by atoms with Crippen molar-refractivity contribution in [1.82, 2.24) is 0 Å². The van der Waals surface area contributed by atoms with E-state index in [0.717, 1.165) is 61.3 Å². The van der Waals surface area contributed by atoms with Crippen LogP contribution in [0.3, 0.4) is 0 Å². The third-order valence-corrected chi connectivity index (χ3v) is 4.09. The van der Waals surface area contributed by atoms with Crippen LogP contribution in [0.2, 0.25) is 0 Å². The molecule has 0 bridgehead atoms. The predicted molar refractivity (Wildman–Crippen MR) is 88.1 cm³/mol. The zero-order valence-corrected chi connectivity index (χ0v) is 12.3. The van der Waals surface area contributed by atoms with Crippen LogP contribution in [0.4, 0.5) is 11.4 Å². The van der Waals surface area contributed by atoms with Gasteiger partial charge in [-0.1, -0.05) is 24.3 Å². The lowest BCUT2D eigenvalue weighted by Crippen LogP contribution is -2.47. The zero-order chi connectivity index (χ0) is 15.4. The molecule has 0 N–H and O–H groups in total. The Morgan fingerprint density at radius 3 is 1.36 bits per heavy atom. The molecular formula is C18H18N2O2. The van der Waals surface area contributed by atoms with E-state index in [1.807, 2.05) is 48.5 Å². The number of rotatable bonds is 4. The van der Waals surface area contributed by atoms with E-state index < -0.39 is 0 Å². The smallest absolute Gasteiger partial charge is 0.152 e. The Kier molecular flexibility index (Phi) is 4.19. The molecule has 112 valence electrons. The SMILES string of the molecule is O=Cc1ccccc1N1CCN(c2ccccc2C=O)CC1. The van der Waals surface area contributed by atoms with Crippen LogP contribution in [0.5, 0.6) is 0 Å². The summed E-state index contributed by atoms with van der Waals surface area (Å²) < 4.78 is 0. The first-order valence-electron chi connectivity index (χ1n) is 7.42. The van der Waals surface area contributed by atoms with Gasteiger partial charge in [0.1, 0.15) is 0 Å². The van der Waals surface area contributed by atoms with Gasteiger partial charge >= 0.3 is 0 Å². The van der Waals surface area contributed by atoms with Crippen molar-refractivity contribution in [1.29, 1.82) is 0 Å². The third-order valence-electron chi connectivity index (χ3n) is 4.09. The van der Waals surface area contributed by atoms with Gasteiger partial charge in [0.25, 0.3) is 0 Å². The highest BCUT2D eigenvalue weighted by molar-refractivity contribution is 5.86. The largest absolute Gasteiger partial charge is 0.367 e. The highest BCUT2D eigenvalue weighted by Crippen LogP contribution is 2.24. The van der Waals surface area contributed by atoms with E-state index in [1.54, 1.807) is 0 Å². The number of carbonyl (C=O) groups is 2. The first kappa shape index (κ1) is 14.3. The van der Waals surface area contributed by atoms with E-state index in [9.17, 15) is 9.59 Å². The lowest BCUT2D eigenvalue weighted by atomic mass is 10.1. The topological polar surface area (TPSA) is 40.6 Å². The molecule has 3 rings (SSSR count). The minimum atomic E-state index is 0.726. The van der Waals surface area contributed by atoms with E-state index in [4.69, 9.17) is 0 Å². The second kappa shape index (κ2) is 6.43. The summed E-state index contributed by atoms with van der Waals surface area (Å²) in [6.07, 6.45) is 1.81. The summed E-state index contributed by atoms with van der Waals surface area (Å²) >= 11 is 0. The minimum Gasteiger partial charge on any atom is -0.367 e. The first-order valence-corrected chi connectivity index (χ1v) is 7.42. The molecule has 0 saturated carbocycles. The normalized spacial score (nSPS) is 14.7. The standard InChI is InChI=1S/C18H18N2O2/c21-13-15-5-1-3-7-17(15)19-9-11-20(12-10-19)18-8-4-2-6-16(18)14-22/h1-8,13-14H,9-12H2. The number of benzene rings is 2. The van der Waals surface area contributed by atoms with Crippen LogP contribution in [0.25, 0.3) is 0 Å². The molecule has 0 aliphatic carbocycles. The summed E-state index contributed by atoms with van der Waals surface area (Å²) in [4.78, 5) is 26.8. The van der Waals surface area contributed by atoms with Gasteiger partial charge in [0.2, 0.25) is 0 Å². The fraction of sp³-hybridized carbons (Fsp3) is 0.222. The van der Waals surface area contributed by atoms with Crippen molar-refractivity contribution in [2.75, 3.05) is 36.0 Å². The molecule has 0 aromatic heterocycles. The van der Waals surface area contributed by atoms with E-state index in [2.05, 4.69) is 9.80 Å². The van der Waals surface area contributed by atoms with E-state index in [1.165, 1.54) is 0 Å². The average molecular weight is 294 g/mol. The Hall–Kier alpha value is -2.62. The number of aldehydes is 2. The van der Waals surface area contributed by atoms with Gasteiger partial charge in [-0.15, -0.1) is 0 Å². The molecule has 4 heteroatoms. The van der Waals surface area contributed by atoms with Crippen LogP contribution < -0.4 is 9.80 Å². The molecule has 1 heterocycles. The maximum atomic E-state index is 11.2. The quantitative estimate of drug-likeness (QED) is 0.813. The van der Waals surface area contributed by atoms with Crippen LogP contribution in [0, 0.1) is 0 Å². The molecule has 0 spiro atoms. The van der Waals surface area contributed by atoms with Crippen LogP contribution >= 0.6 is 0 Å². The Bertz CT molecular complexity index is 617. The van der Waals surface area contributed by atoms with Crippen LogP contribution in [-0.4, -0.2) is 38.8 Å². The number of piperazine rings is 1. The molecule has 0 radical (unpaired) electrons. The van der Waals surface area contributed by atoms with E-state index >= 15 is 0 Å². The van der Waals surface area contributed by atoms with Crippen molar-refractivity contribution in [3.05, 3.63) is 59.7 Å². The maximum Gasteiger partial charge on any atom is 0.152 e. The molecule has 22 heavy (non-hydrogen) atoms. The van der Waals surface area contributed by atoms with Gasteiger partial charge in [-0.2, -0.15) is 0 Å². The number of anilines is 2. The van der Waals surface area contributed by atoms with Gasteiger partial charge in [0.05, 0.1) is 0 Å². The van der Waals surface area contributed by atoms with Gasteiger partial charge in [0, 0.05) is 48.7 Å². The molecule has 2 aromatic rings. The lowest BCUT2D eigenvalue weighted by Gasteiger charge is -2.38. The number of nitrogens with zero attached hydrogens (tertiary/aromatic N) is 2. The molecule has 0 unspecified atom stereocenters. The summed E-state index contributed by atoms with van der Waals surface area (Å²) in [6.45, 7) is 3.33. The lowest BCUT2D eigenvalue weighted by molar-refractivity contribution is 0.111. The fourth-order valence-electron chi connectivity index (χ4n) is 2.94. The van der Waals surface area contributed by atoms with Gasteiger partial charge in [-0.05, 0) is 24.3 Å². The zero-order valence-electron chi connectivity index (χ0n) is 12.3. The molecular weight excluding hydrogens is 276 g/mol. The number of hydrogen-bond donors (Lipinski definition) is 0. The number of hydrogen-bond acceptors (Lipinski definition) is 4. The molecule has 1 aliphatic rings. The summed E-state index contributed by atoms with van der Waals surface area (Å²) in [5.41, 5.74) is 3.43. The van der Waals surface area contributed by atoms with Crippen LogP contribution in [0.15, 0.2) is 48.5 Å². The third kappa shape index (κ3) is 2.72. The van der Waals surface area contributed by atoms with Gasteiger partial charge in [0.15, 0.2) is 12.6 Å². The highest BCUT2D eigenvalue weighted by atomic mass is 16.1. The molecule has 2 aromatic carbocycles. The van der Waals surface area contributed by atoms with E-state index in [-0.39, 0.29) is 0 Å². The summed E-state index contributed by atoms with van der Waals surface area (Å²) in [6, 6.07) is 15.3. The summed E-state index contributed by atoms with van der Waals surface area (Å²) in [5, 5.41) is 0. The minimum absolute atomic E-state index is 0.726. The van der Waals surface area contributed by atoms with Crippen LogP contribution in [0.1, 0.15) is 20.7 Å². The van der Waals surface area contributed by atoms with Gasteiger partial charge < -0.3 is 9.80 Å². The number of carbonyl (C=O) groups excluding carboxylic acids is 2. The monoisotopic (exact) mass is 294 g/mol. The van der Waals surface area contributed by atoms with Crippen molar-refractivity contribution in [3.63, 3.8) is 0 Å². The number of para-hydroxylation sites is 2. The maximum absolute atomic E-state index is 11.2. The van der Waals surface area contributed by atoms with Gasteiger partial charge in [-0.3, -0.25) is 9.59 Å². The van der Waals surface area contributed by atoms with E-state index in [0.29, 0.717) is 0 Å². The summed E-state index contributed by atoms with van der Waals surface area (Å²) in [7, 11) is 0. The molecule has 1 fully saturated rings. The van der Waals surface area contributed by atoms with Crippen molar-refractivity contribution in [2.45, 2.75) is 0 Å². The first-order chi connectivity index (χ1) is 10.8. The van der Waals surface area contributed by atoms with Crippen molar-refractivity contribution in [3.8, 4) is 0 Å². The van der Waals surface area contributed by atoms with Crippen molar-refractivity contribution in [2.24, 2.45) is 0 Å². The Morgan fingerprint density at radius 2 is 1.00 bits per heavy atom. The molecule has 4 nitrogen and oxygen atoms in total. The molecule has 0 amide bonds. The summed E-state index contributed by atoms with van der Waals surface area (Å²) in [5.74, 6) is 0. The fourth-order valence-corrected chi connectivity index (χ4v) is 2.94. The Labute approximate surface area is 130 Å².